The Labute approximate surface area is 111 Å². The van der Waals surface area contributed by atoms with Crippen LogP contribution in [-0.2, 0) is 11.0 Å². The van der Waals surface area contributed by atoms with E-state index in [0.717, 1.165) is 17.0 Å². The molecule has 2 heterocycles. The zero-order chi connectivity index (χ0) is 14.8. The first-order chi connectivity index (χ1) is 9.36. The first-order valence-corrected chi connectivity index (χ1v) is 5.35. The quantitative estimate of drug-likeness (QED) is 0.878. The van der Waals surface area contributed by atoms with E-state index in [1.54, 1.807) is 0 Å². The van der Waals surface area contributed by atoms with Crippen LogP contribution in [0.3, 0.4) is 0 Å². The van der Waals surface area contributed by atoms with E-state index in [1.165, 1.54) is 24.4 Å². The number of rotatable bonds is 3. The molecule has 0 bridgehead atoms. The van der Waals surface area contributed by atoms with Crippen LogP contribution in [0, 0.1) is 0 Å². The summed E-state index contributed by atoms with van der Waals surface area (Å²) in [6, 6.07) is 2.96. The van der Waals surface area contributed by atoms with Crippen LogP contribution in [0.25, 0.3) is 11.9 Å². The van der Waals surface area contributed by atoms with Crippen molar-refractivity contribution in [3.8, 4) is 5.82 Å². The SMILES string of the molecule is O=C(O)/C=C/c1ccc(-n2cc(C(F)(F)F)cn2)nc1. The molecule has 0 fully saturated rings. The highest BCUT2D eigenvalue weighted by Crippen LogP contribution is 2.28. The molecular formula is C12H8F3N3O2. The van der Waals surface area contributed by atoms with Crippen molar-refractivity contribution < 1.29 is 23.1 Å². The van der Waals surface area contributed by atoms with Gasteiger partial charge in [0, 0.05) is 18.5 Å². The van der Waals surface area contributed by atoms with Gasteiger partial charge in [-0.3, -0.25) is 0 Å². The normalized spacial score (nSPS) is 11.9. The molecule has 0 saturated heterocycles. The summed E-state index contributed by atoms with van der Waals surface area (Å²) >= 11 is 0. The van der Waals surface area contributed by atoms with Crippen LogP contribution < -0.4 is 0 Å². The summed E-state index contributed by atoms with van der Waals surface area (Å²) in [6.45, 7) is 0. The number of aliphatic carboxylic acids is 1. The van der Waals surface area contributed by atoms with Crippen molar-refractivity contribution in [1.29, 1.82) is 0 Å². The van der Waals surface area contributed by atoms with E-state index in [-0.39, 0.29) is 5.82 Å². The number of aromatic nitrogens is 3. The average molecular weight is 283 g/mol. The van der Waals surface area contributed by atoms with Crippen LogP contribution in [-0.4, -0.2) is 25.8 Å². The van der Waals surface area contributed by atoms with Crippen LogP contribution >= 0.6 is 0 Å². The first kappa shape index (κ1) is 13.8. The molecule has 0 spiro atoms. The zero-order valence-corrected chi connectivity index (χ0v) is 9.87. The van der Waals surface area contributed by atoms with Gasteiger partial charge in [0.15, 0.2) is 5.82 Å². The number of pyridine rings is 1. The Balaban J connectivity index is 2.22. The minimum atomic E-state index is -4.46. The number of hydrogen-bond donors (Lipinski definition) is 1. The van der Waals surface area contributed by atoms with E-state index in [0.29, 0.717) is 11.8 Å². The average Bonchev–Trinajstić information content (AvgIpc) is 2.86. The highest BCUT2D eigenvalue weighted by molar-refractivity contribution is 5.85. The summed E-state index contributed by atoms with van der Waals surface area (Å²) in [5.41, 5.74) is -0.353. The summed E-state index contributed by atoms with van der Waals surface area (Å²) in [4.78, 5) is 14.2. The molecule has 0 atom stereocenters. The van der Waals surface area contributed by atoms with E-state index in [4.69, 9.17) is 5.11 Å². The molecular weight excluding hydrogens is 275 g/mol. The molecule has 5 nitrogen and oxygen atoms in total. The maximum absolute atomic E-state index is 12.4. The molecule has 0 amide bonds. The van der Waals surface area contributed by atoms with E-state index < -0.39 is 17.7 Å². The second-order valence-electron chi connectivity index (χ2n) is 3.79. The summed E-state index contributed by atoms with van der Waals surface area (Å²) in [5.74, 6) is -0.899. The van der Waals surface area contributed by atoms with Crippen LogP contribution in [0.1, 0.15) is 11.1 Å². The molecule has 0 aliphatic rings. The molecule has 0 aromatic carbocycles. The second kappa shape index (κ2) is 5.16. The third-order valence-corrected chi connectivity index (χ3v) is 2.33. The highest BCUT2D eigenvalue weighted by Gasteiger charge is 2.32. The smallest absolute Gasteiger partial charge is 0.419 e. The minimum absolute atomic E-state index is 0.202. The monoisotopic (exact) mass is 283 g/mol. The van der Waals surface area contributed by atoms with Crippen LogP contribution in [0.5, 0.6) is 0 Å². The zero-order valence-electron chi connectivity index (χ0n) is 9.87. The Morgan fingerprint density at radius 1 is 1.30 bits per heavy atom. The van der Waals surface area contributed by atoms with Crippen molar-refractivity contribution >= 4 is 12.0 Å². The number of carboxylic acid groups (broad SMARTS) is 1. The molecule has 1 N–H and O–H groups in total. The molecule has 2 aromatic rings. The van der Waals surface area contributed by atoms with Gasteiger partial charge in [0.05, 0.1) is 11.8 Å². The lowest BCUT2D eigenvalue weighted by atomic mass is 10.2. The predicted octanol–water partition coefficient (Wildman–Crippen LogP) is 2.38. The summed E-state index contributed by atoms with van der Waals surface area (Å²) in [5, 5.41) is 12.0. The van der Waals surface area contributed by atoms with Crippen LogP contribution in [0.2, 0.25) is 0 Å². The molecule has 2 aromatic heterocycles. The van der Waals surface area contributed by atoms with Gasteiger partial charge in [-0.2, -0.15) is 18.3 Å². The van der Waals surface area contributed by atoms with Crippen molar-refractivity contribution in [3.63, 3.8) is 0 Å². The van der Waals surface area contributed by atoms with Crippen LogP contribution in [0.4, 0.5) is 13.2 Å². The highest BCUT2D eigenvalue weighted by atomic mass is 19.4. The number of carboxylic acids is 1. The van der Waals surface area contributed by atoms with Crippen molar-refractivity contribution in [2.24, 2.45) is 0 Å². The summed E-state index contributed by atoms with van der Waals surface area (Å²) in [7, 11) is 0. The van der Waals surface area contributed by atoms with Gasteiger partial charge in [0.2, 0.25) is 0 Å². The van der Waals surface area contributed by atoms with Gasteiger partial charge in [-0.25, -0.2) is 14.5 Å². The van der Waals surface area contributed by atoms with Gasteiger partial charge in [-0.1, -0.05) is 0 Å². The fourth-order valence-electron chi connectivity index (χ4n) is 1.39. The summed E-state index contributed by atoms with van der Waals surface area (Å²) in [6.07, 6.45) is 0.677. The number of carbonyl (C=O) groups is 1. The van der Waals surface area contributed by atoms with E-state index in [2.05, 4.69) is 10.1 Å². The standard InChI is InChI=1S/C12H8F3N3O2/c13-12(14,15)9-6-17-18(7-9)10-3-1-8(5-16-10)2-4-11(19)20/h1-7H,(H,19,20)/b4-2+. The number of alkyl halides is 3. The molecule has 0 aliphatic carbocycles. The molecule has 8 heteroatoms. The molecule has 2 rings (SSSR count). The van der Waals surface area contributed by atoms with Gasteiger partial charge >= 0.3 is 12.1 Å². The molecule has 0 unspecified atom stereocenters. The van der Waals surface area contributed by atoms with Gasteiger partial charge in [-0.15, -0.1) is 0 Å². The minimum Gasteiger partial charge on any atom is -0.478 e. The number of halogens is 3. The topological polar surface area (TPSA) is 68.0 Å². The van der Waals surface area contributed by atoms with Gasteiger partial charge in [0.25, 0.3) is 0 Å². The maximum atomic E-state index is 12.4. The lowest BCUT2D eigenvalue weighted by molar-refractivity contribution is -0.137. The van der Waals surface area contributed by atoms with E-state index in [9.17, 15) is 18.0 Å². The van der Waals surface area contributed by atoms with Crippen molar-refractivity contribution in [2.45, 2.75) is 6.18 Å². The maximum Gasteiger partial charge on any atom is 0.419 e. The molecule has 0 radical (unpaired) electrons. The lowest BCUT2D eigenvalue weighted by Crippen LogP contribution is -2.03. The molecule has 0 saturated carbocycles. The molecule has 104 valence electrons. The van der Waals surface area contributed by atoms with E-state index in [1.807, 2.05) is 0 Å². The Kier molecular flexibility index (Phi) is 3.55. The van der Waals surface area contributed by atoms with Gasteiger partial charge < -0.3 is 5.11 Å². The Hall–Kier alpha value is -2.64. The second-order valence-corrected chi connectivity index (χ2v) is 3.79. The fourth-order valence-corrected chi connectivity index (χ4v) is 1.39. The largest absolute Gasteiger partial charge is 0.478 e. The van der Waals surface area contributed by atoms with Crippen molar-refractivity contribution in [2.75, 3.05) is 0 Å². The third kappa shape index (κ3) is 3.22. The first-order valence-electron chi connectivity index (χ1n) is 5.35. The number of nitrogens with zero attached hydrogens (tertiary/aromatic N) is 3. The number of hydrogen-bond acceptors (Lipinski definition) is 3. The van der Waals surface area contributed by atoms with Gasteiger partial charge in [0.1, 0.15) is 0 Å². The molecule has 20 heavy (non-hydrogen) atoms. The molecule has 0 aliphatic heterocycles. The third-order valence-electron chi connectivity index (χ3n) is 2.33. The van der Waals surface area contributed by atoms with E-state index >= 15 is 0 Å². The Morgan fingerprint density at radius 2 is 2.05 bits per heavy atom. The van der Waals surface area contributed by atoms with Crippen LogP contribution in [0.15, 0.2) is 36.8 Å². The summed E-state index contributed by atoms with van der Waals surface area (Å²) < 4.78 is 38.2. The fraction of sp³-hybridized carbons (Fsp3) is 0.0833. The van der Waals surface area contributed by atoms with Gasteiger partial charge in [-0.05, 0) is 23.8 Å². The predicted molar refractivity (Wildman–Crippen MR) is 63.0 cm³/mol. The lowest BCUT2D eigenvalue weighted by Gasteiger charge is -2.02. The Morgan fingerprint density at radius 3 is 2.55 bits per heavy atom. The van der Waals surface area contributed by atoms with Crippen molar-refractivity contribution in [3.05, 3.63) is 47.9 Å². The Bertz CT molecular complexity index is 645. The van der Waals surface area contributed by atoms with Crippen molar-refractivity contribution in [1.82, 2.24) is 14.8 Å².